The smallest absolute Gasteiger partial charge is 0.309 e. The molecule has 0 bridgehead atoms. The first-order chi connectivity index (χ1) is 9.24. The third kappa shape index (κ3) is 2.15. The number of carbonyl (C=O) groups is 1. The monoisotopic (exact) mass is 255 g/mol. The van der Waals surface area contributed by atoms with Gasteiger partial charge in [0, 0.05) is 12.3 Å². The highest BCUT2D eigenvalue weighted by molar-refractivity contribution is 5.81. The van der Waals surface area contributed by atoms with E-state index in [0.717, 1.165) is 10.9 Å². The van der Waals surface area contributed by atoms with Crippen molar-refractivity contribution in [3.05, 3.63) is 36.4 Å². The van der Waals surface area contributed by atoms with Crippen LogP contribution >= 0.6 is 0 Å². The van der Waals surface area contributed by atoms with E-state index in [2.05, 4.69) is 19.9 Å². The first-order valence-corrected chi connectivity index (χ1v) is 5.61. The molecule has 0 N–H and O–H groups in total. The van der Waals surface area contributed by atoms with Crippen LogP contribution in [0.5, 0.6) is 5.88 Å². The molecule has 0 unspecified atom stereocenters. The molecule has 0 amide bonds. The van der Waals surface area contributed by atoms with Gasteiger partial charge in [0.05, 0.1) is 11.2 Å². The van der Waals surface area contributed by atoms with Crippen molar-refractivity contribution >= 4 is 16.9 Å². The molecule has 3 aromatic rings. The fraction of sp³-hybridized carbons (Fsp3) is 0.0769. The second-order valence-electron chi connectivity index (χ2n) is 3.90. The van der Waals surface area contributed by atoms with Gasteiger partial charge in [-0.25, -0.2) is 9.61 Å². The summed E-state index contributed by atoms with van der Waals surface area (Å²) in [5, 5.41) is 8.27. The number of carbonyl (C=O) groups excluding carboxylic acids is 1. The lowest BCUT2D eigenvalue weighted by atomic mass is 10.2. The Morgan fingerprint density at radius 1 is 1.16 bits per heavy atom. The first-order valence-electron chi connectivity index (χ1n) is 5.61. The third-order valence-electron chi connectivity index (χ3n) is 2.54. The fourth-order valence-electron chi connectivity index (χ4n) is 1.74. The van der Waals surface area contributed by atoms with Gasteiger partial charge in [-0.1, -0.05) is 24.3 Å². The van der Waals surface area contributed by atoms with E-state index in [1.807, 2.05) is 30.3 Å². The molecular weight excluding hydrogens is 246 g/mol. The van der Waals surface area contributed by atoms with Crippen molar-refractivity contribution in [3.8, 4) is 17.3 Å². The molecule has 6 heteroatoms. The number of hydrogen-bond acceptors (Lipinski definition) is 6. The molecule has 2 heterocycles. The van der Waals surface area contributed by atoms with Crippen LogP contribution in [-0.2, 0) is 4.79 Å². The number of rotatable bonds is 2. The summed E-state index contributed by atoms with van der Waals surface area (Å²) >= 11 is 0. The number of nitrogens with zero attached hydrogens (tertiary/aromatic N) is 3. The van der Waals surface area contributed by atoms with E-state index in [1.54, 1.807) is 6.07 Å². The third-order valence-corrected chi connectivity index (χ3v) is 2.54. The Morgan fingerprint density at radius 3 is 2.84 bits per heavy atom. The quantitative estimate of drug-likeness (QED) is 0.653. The van der Waals surface area contributed by atoms with E-state index in [-0.39, 0.29) is 5.88 Å². The minimum absolute atomic E-state index is 0.0234. The highest BCUT2D eigenvalue weighted by Crippen LogP contribution is 2.26. The van der Waals surface area contributed by atoms with Crippen molar-refractivity contribution in [1.82, 2.24) is 15.3 Å². The lowest BCUT2D eigenvalue weighted by Gasteiger charge is -2.01. The van der Waals surface area contributed by atoms with Crippen LogP contribution in [0.4, 0.5) is 0 Å². The zero-order valence-corrected chi connectivity index (χ0v) is 10.0. The molecular formula is C13H9N3O3. The zero-order chi connectivity index (χ0) is 13.2. The van der Waals surface area contributed by atoms with Crippen LogP contribution in [0.15, 0.2) is 41.0 Å². The number of aromatic nitrogens is 3. The first kappa shape index (κ1) is 11.3. The van der Waals surface area contributed by atoms with Gasteiger partial charge >= 0.3 is 5.97 Å². The van der Waals surface area contributed by atoms with Gasteiger partial charge in [0.1, 0.15) is 0 Å². The SMILES string of the molecule is CC(=O)Oc1nonc1-c1ccc2ccccc2n1. The predicted molar refractivity (Wildman–Crippen MR) is 66.3 cm³/mol. The Balaban J connectivity index is 2.09. The van der Waals surface area contributed by atoms with Crippen molar-refractivity contribution in [3.63, 3.8) is 0 Å². The molecule has 0 aliphatic carbocycles. The normalized spacial score (nSPS) is 10.6. The number of ether oxygens (including phenoxy) is 1. The van der Waals surface area contributed by atoms with E-state index in [9.17, 15) is 4.79 Å². The summed E-state index contributed by atoms with van der Waals surface area (Å²) in [5.41, 5.74) is 1.66. The summed E-state index contributed by atoms with van der Waals surface area (Å²) in [7, 11) is 0. The molecule has 0 saturated carbocycles. The van der Waals surface area contributed by atoms with Gasteiger partial charge in [-0.2, -0.15) is 0 Å². The number of fused-ring (bicyclic) bond motifs is 1. The Bertz CT molecular complexity index is 751. The minimum Gasteiger partial charge on any atom is -0.402 e. The van der Waals surface area contributed by atoms with Gasteiger partial charge in [0.25, 0.3) is 5.88 Å². The number of para-hydroxylation sites is 1. The van der Waals surface area contributed by atoms with Crippen molar-refractivity contribution < 1.29 is 14.2 Å². The van der Waals surface area contributed by atoms with E-state index in [0.29, 0.717) is 11.4 Å². The van der Waals surface area contributed by atoms with Crippen LogP contribution in [0, 0.1) is 0 Å². The zero-order valence-electron chi connectivity index (χ0n) is 10.0. The average molecular weight is 255 g/mol. The van der Waals surface area contributed by atoms with Crippen LogP contribution in [-0.4, -0.2) is 21.3 Å². The molecule has 0 spiro atoms. The molecule has 0 aliphatic heterocycles. The number of esters is 1. The van der Waals surface area contributed by atoms with E-state index >= 15 is 0 Å². The topological polar surface area (TPSA) is 78.1 Å². The van der Waals surface area contributed by atoms with Gasteiger partial charge in [0.2, 0.25) is 0 Å². The number of benzene rings is 1. The fourth-order valence-corrected chi connectivity index (χ4v) is 1.74. The maximum Gasteiger partial charge on any atom is 0.309 e. The largest absolute Gasteiger partial charge is 0.402 e. The standard InChI is InChI=1S/C13H9N3O3/c1-8(17)18-13-12(15-19-16-13)11-7-6-9-4-2-3-5-10(9)14-11/h2-7H,1H3. The molecule has 0 aliphatic rings. The maximum absolute atomic E-state index is 11.0. The molecule has 6 nitrogen and oxygen atoms in total. The summed E-state index contributed by atoms with van der Waals surface area (Å²) in [6.45, 7) is 1.28. The average Bonchev–Trinajstić information content (AvgIpc) is 2.85. The lowest BCUT2D eigenvalue weighted by molar-refractivity contribution is -0.132. The molecule has 1 aromatic carbocycles. The molecule has 94 valence electrons. The highest BCUT2D eigenvalue weighted by Gasteiger charge is 2.17. The van der Waals surface area contributed by atoms with Crippen molar-refractivity contribution in [2.24, 2.45) is 0 Å². The van der Waals surface area contributed by atoms with Gasteiger partial charge in [-0.05, 0) is 22.4 Å². The van der Waals surface area contributed by atoms with Gasteiger partial charge in [-0.15, -0.1) is 0 Å². The summed E-state index contributed by atoms with van der Waals surface area (Å²) in [6.07, 6.45) is 0. The van der Waals surface area contributed by atoms with E-state index in [1.165, 1.54) is 6.92 Å². The van der Waals surface area contributed by atoms with E-state index < -0.39 is 5.97 Å². The van der Waals surface area contributed by atoms with Gasteiger partial charge in [0.15, 0.2) is 5.69 Å². The minimum atomic E-state index is -0.488. The Morgan fingerprint density at radius 2 is 2.00 bits per heavy atom. The summed E-state index contributed by atoms with van der Waals surface area (Å²) in [5.74, 6) is -0.465. The molecule has 19 heavy (non-hydrogen) atoms. The number of pyridine rings is 1. The van der Waals surface area contributed by atoms with Crippen LogP contribution in [0.1, 0.15) is 6.92 Å². The van der Waals surface area contributed by atoms with Gasteiger partial charge in [-0.3, -0.25) is 4.79 Å². The summed E-state index contributed by atoms with van der Waals surface area (Å²) < 4.78 is 9.50. The summed E-state index contributed by atoms with van der Waals surface area (Å²) in [6, 6.07) is 11.4. The lowest BCUT2D eigenvalue weighted by Crippen LogP contribution is -2.03. The molecule has 0 radical (unpaired) electrons. The second-order valence-corrected chi connectivity index (χ2v) is 3.90. The van der Waals surface area contributed by atoms with Crippen LogP contribution in [0.25, 0.3) is 22.3 Å². The molecule has 3 rings (SSSR count). The van der Waals surface area contributed by atoms with Crippen LogP contribution < -0.4 is 4.74 Å². The van der Waals surface area contributed by atoms with E-state index in [4.69, 9.17) is 4.74 Å². The second kappa shape index (κ2) is 4.49. The van der Waals surface area contributed by atoms with Crippen LogP contribution in [0.2, 0.25) is 0 Å². The molecule has 0 atom stereocenters. The van der Waals surface area contributed by atoms with Crippen molar-refractivity contribution in [2.75, 3.05) is 0 Å². The predicted octanol–water partition coefficient (Wildman–Crippen LogP) is 2.21. The number of hydrogen-bond donors (Lipinski definition) is 0. The molecule has 0 saturated heterocycles. The highest BCUT2D eigenvalue weighted by atomic mass is 16.6. The molecule has 2 aromatic heterocycles. The Hall–Kier alpha value is -2.76. The maximum atomic E-state index is 11.0. The Labute approximate surface area is 108 Å². The van der Waals surface area contributed by atoms with Crippen LogP contribution in [0.3, 0.4) is 0 Å². The summed E-state index contributed by atoms with van der Waals surface area (Å²) in [4.78, 5) is 15.4. The van der Waals surface area contributed by atoms with Crippen molar-refractivity contribution in [1.29, 1.82) is 0 Å². The van der Waals surface area contributed by atoms with Crippen molar-refractivity contribution in [2.45, 2.75) is 6.92 Å². The Kier molecular flexibility index (Phi) is 2.68. The van der Waals surface area contributed by atoms with Gasteiger partial charge < -0.3 is 4.74 Å². The molecule has 0 fully saturated rings.